The Morgan fingerprint density at radius 1 is 0.561 bits per heavy atom. The fraction of sp³-hybridized carbons (Fsp3) is 0.0909. The standard InChI is InChI=1S/C33H26N2O6/c36-32(15-7-24-5-13-28-30(18-24)40-20-38-28)34-26-9-1-22(2-10-26)17-23-3-11-27(12-4-23)35-33(37)16-8-25-6-14-29-31(19-25)41-21-39-29/h1-16,18-19H,17,20-21H2,(H,34,36)(H,35,37). The molecule has 0 radical (unpaired) electrons. The second-order valence-electron chi connectivity index (χ2n) is 9.44. The molecule has 4 aromatic carbocycles. The molecule has 2 amide bonds. The van der Waals surface area contributed by atoms with Crippen LogP contribution in [0.3, 0.4) is 0 Å². The summed E-state index contributed by atoms with van der Waals surface area (Å²) in [4.78, 5) is 24.7. The van der Waals surface area contributed by atoms with Crippen LogP contribution in [0.4, 0.5) is 11.4 Å². The molecule has 0 aliphatic carbocycles. The van der Waals surface area contributed by atoms with E-state index in [-0.39, 0.29) is 25.4 Å². The molecule has 0 saturated heterocycles. The Morgan fingerprint density at radius 3 is 1.41 bits per heavy atom. The minimum Gasteiger partial charge on any atom is -0.454 e. The fourth-order valence-electron chi connectivity index (χ4n) is 4.39. The Bertz CT molecular complexity index is 1520. The van der Waals surface area contributed by atoms with Gasteiger partial charge in [-0.3, -0.25) is 9.59 Å². The number of rotatable bonds is 8. The zero-order valence-electron chi connectivity index (χ0n) is 22.0. The molecule has 0 aromatic heterocycles. The lowest BCUT2D eigenvalue weighted by molar-refractivity contribution is -0.112. The number of hydrogen-bond acceptors (Lipinski definition) is 6. The number of amides is 2. The largest absolute Gasteiger partial charge is 0.454 e. The van der Waals surface area contributed by atoms with Crippen LogP contribution in [0.2, 0.25) is 0 Å². The Kier molecular flexibility index (Phi) is 7.36. The van der Waals surface area contributed by atoms with Gasteiger partial charge in [-0.2, -0.15) is 0 Å². The van der Waals surface area contributed by atoms with Crippen LogP contribution in [0.5, 0.6) is 23.0 Å². The molecule has 4 aromatic rings. The zero-order valence-corrected chi connectivity index (χ0v) is 22.0. The first-order chi connectivity index (χ1) is 20.1. The van der Waals surface area contributed by atoms with Gasteiger partial charge in [0.05, 0.1) is 0 Å². The average molecular weight is 547 g/mol. The third-order valence-electron chi connectivity index (χ3n) is 6.50. The van der Waals surface area contributed by atoms with Crippen molar-refractivity contribution in [2.24, 2.45) is 0 Å². The summed E-state index contributed by atoms with van der Waals surface area (Å²) in [6.45, 7) is 0.427. The summed E-state index contributed by atoms with van der Waals surface area (Å²) in [5, 5.41) is 5.75. The maximum absolute atomic E-state index is 12.4. The molecule has 204 valence electrons. The number of benzene rings is 4. The molecule has 2 heterocycles. The van der Waals surface area contributed by atoms with Crippen molar-refractivity contribution in [3.8, 4) is 23.0 Å². The normalized spacial score (nSPS) is 13.1. The van der Waals surface area contributed by atoms with Crippen LogP contribution in [0.25, 0.3) is 12.2 Å². The van der Waals surface area contributed by atoms with Crippen molar-refractivity contribution in [3.05, 3.63) is 119 Å². The highest BCUT2D eigenvalue weighted by Crippen LogP contribution is 2.33. The van der Waals surface area contributed by atoms with Crippen LogP contribution in [-0.2, 0) is 16.0 Å². The minimum atomic E-state index is -0.223. The van der Waals surface area contributed by atoms with Gasteiger partial charge in [-0.1, -0.05) is 36.4 Å². The molecular formula is C33H26N2O6. The Balaban J connectivity index is 0.979. The number of fused-ring (bicyclic) bond motifs is 2. The molecule has 2 aliphatic heterocycles. The van der Waals surface area contributed by atoms with E-state index in [0.717, 1.165) is 28.7 Å². The van der Waals surface area contributed by atoms with Gasteiger partial charge in [0.1, 0.15) is 0 Å². The quantitative estimate of drug-likeness (QED) is 0.262. The smallest absolute Gasteiger partial charge is 0.248 e. The molecule has 8 nitrogen and oxygen atoms in total. The SMILES string of the molecule is O=C(C=Cc1ccc2c(c1)OCO2)Nc1ccc(Cc2ccc(NC(=O)C=Cc3ccc4c(c3)OCO4)cc2)cc1. The molecule has 0 fully saturated rings. The highest BCUT2D eigenvalue weighted by Gasteiger charge is 2.13. The number of ether oxygens (including phenoxy) is 4. The third kappa shape index (κ3) is 6.57. The predicted molar refractivity (Wildman–Crippen MR) is 156 cm³/mol. The summed E-state index contributed by atoms with van der Waals surface area (Å²) < 4.78 is 21.3. The molecule has 2 N–H and O–H groups in total. The van der Waals surface area contributed by atoms with Crippen LogP contribution < -0.4 is 29.6 Å². The molecule has 41 heavy (non-hydrogen) atoms. The monoisotopic (exact) mass is 546 g/mol. The van der Waals surface area contributed by atoms with Crippen molar-refractivity contribution >= 4 is 35.3 Å². The van der Waals surface area contributed by atoms with Gasteiger partial charge in [0, 0.05) is 23.5 Å². The number of nitrogens with one attached hydrogen (secondary N) is 2. The third-order valence-corrected chi connectivity index (χ3v) is 6.50. The lowest BCUT2D eigenvalue weighted by Gasteiger charge is -2.07. The first-order valence-electron chi connectivity index (χ1n) is 13.0. The van der Waals surface area contributed by atoms with Gasteiger partial charge in [-0.15, -0.1) is 0 Å². The average Bonchev–Trinajstić information content (AvgIpc) is 3.66. The van der Waals surface area contributed by atoms with E-state index in [1.807, 2.05) is 84.9 Å². The summed E-state index contributed by atoms with van der Waals surface area (Å²) in [6.07, 6.45) is 7.15. The molecule has 0 atom stereocenters. The first-order valence-corrected chi connectivity index (χ1v) is 13.0. The van der Waals surface area contributed by atoms with Crippen molar-refractivity contribution in [1.29, 1.82) is 0 Å². The topological polar surface area (TPSA) is 95.1 Å². The van der Waals surface area contributed by atoms with Gasteiger partial charge in [0.25, 0.3) is 0 Å². The van der Waals surface area contributed by atoms with Crippen molar-refractivity contribution in [2.45, 2.75) is 6.42 Å². The molecule has 0 unspecified atom stereocenters. The van der Waals surface area contributed by atoms with E-state index < -0.39 is 0 Å². The molecular weight excluding hydrogens is 520 g/mol. The number of hydrogen-bond donors (Lipinski definition) is 2. The highest BCUT2D eigenvalue weighted by atomic mass is 16.7. The highest BCUT2D eigenvalue weighted by molar-refractivity contribution is 6.02. The zero-order chi connectivity index (χ0) is 28.0. The van der Waals surface area contributed by atoms with E-state index in [1.54, 1.807) is 12.2 Å². The molecule has 2 aliphatic rings. The van der Waals surface area contributed by atoms with E-state index in [4.69, 9.17) is 18.9 Å². The molecule has 0 spiro atoms. The Hall–Kier alpha value is -5.50. The van der Waals surface area contributed by atoms with Gasteiger partial charge < -0.3 is 29.6 Å². The number of carbonyl (C=O) groups is 2. The summed E-state index contributed by atoms with van der Waals surface area (Å²) in [6, 6.07) is 26.5. The van der Waals surface area contributed by atoms with Crippen molar-refractivity contribution < 1.29 is 28.5 Å². The summed E-state index contributed by atoms with van der Waals surface area (Å²) in [5.41, 5.74) is 5.32. The van der Waals surface area contributed by atoms with Crippen molar-refractivity contribution in [2.75, 3.05) is 24.2 Å². The van der Waals surface area contributed by atoms with E-state index >= 15 is 0 Å². The van der Waals surface area contributed by atoms with Gasteiger partial charge in [0.15, 0.2) is 23.0 Å². The maximum Gasteiger partial charge on any atom is 0.248 e. The van der Waals surface area contributed by atoms with Crippen LogP contribution in [0.1, 0.15) is 22.3 Å². The Morgan fingerprint density at radius 2 is 0.976 bits per heavy atom. The molecule has 8 heteroatoms. The van der Waals surface area contributed by atoms with E-state index in [9.17, 15) is 9.59 Å². The second-order valence-corrected chi connectivity index (χ2v) is 9.44. The van der Waals surface area contributed by atoms with E-state index in [2.05, 4.69) is 10.6 Å². The van der Waals surface area contributed by atoms with Crippen LogP contribution >= 0.6 is 0 Å². The Labute approximate surface area is 236 Å². The van der Waals surface area contributed by atoms with Crippen LogP contribution in [-0.4, -0.2) is 25.4 Å². The summed E-state index contributed by atoms with van der Waals surface area (Å²) in [7, 11) is 0. The molecule has 6 rings (SSSR count). The summed E-state index contributed by atoms with van der Waals surface area (Å²) in [5.74, 6) is 2.31. The predicted octanol–water partition coefficient (Wildman–Crippen LogP) is 6.04. The van der Waals surface area contributed by atoms with Gasteiger partial charge in [-0.05, 0) is 89.4 Å². The van der Waals surface area contributed by atoms with Gasteiger partial charge in [0.2, 0.25) is 25.4 Å². The van der Waals surface area contributed by atoms with Gasteiger partial charge in [-0.25, -0.2) is 0 Å². The number of carbonyl (C=O) groups excluding carboxylic acids is 2. The number of anilines is 2. The van der Waals surface area contributed by atoms with E-state index in [0.29, 0.717) is 34.4 Å². The van der Waals surface area contributed by atoms with Crippen molar-refractivity contribution in [1.82, 2.24) is 0 Å². The van der Waals surface area contributed by atoms with Crippen LogP contribution in [0, 0.1) is 0 Å². The maximum atomic E-state index is 12.4. The fourth-order valence-corrected chi connectivity index (χ4v) is 4.39. The first kappa shape index (κ1) is 25.8. The van der Waals surface area contributed by atoms with Crippen LogP contribution in [0.15, 0.2) is 97.1 Å². The summed E-state index contributed by atoms with van der Waals surface area (Å²) >= 11 is 0. The van der Waals surface area contributed by atoms with E-state index in [1.165, 1.54) is 12.2 Å². The van der Waals surface area contributed by atoms with Gasteiger partial charge >= 0.3 is 0 Å². The molecule has 0 bridgehead atoms. The lowest BCUT2D eigenvalue weighted by Crippen LogP contribution is -2.08. The molecule has 0 saturated carbocycles. The second kappa shape index (κ2) is 11.7. The lowest BCUT2D eigenvalue weighted by atomic mass is 10.0. The minimum absolute atomic E-state index is 0.213. The van der Waals surface area contributed by atoms with Crippen molar-refractivity contribution in [3.63, 3.8) is 0 Å².